The third-order valence-corrected chi connectivity index (χ3v) is 2.06. The normalized spacial score (nSPS) is 13.5. The highest BCUT2D eigenvalue weighted by Crippen LogP contribution is 2.05. The van der Waals surface area contributed by atoms with Gasteiger partial charge >= 0.3 is 5.97 Å². The highest BCUT2D eigenvalue weighted by Gasteiger charge is 2.19. The number of hydrogen-bond donors (Lipinski definition) is 2. The van der Waals surface area contributed by atoms with Gasteiger partial charge in [0.2, 0.25) is 0 Å². The van der Waals surface area contributed by atoms with Crippen molar-refractivity contribution in [1.82, 2.24) is 5.32 Å². The number of aliphatic carboxylic acids is 1. The summed E-state index contributed by atoms with van der Waals surface area (Å²) in [6.45, 7) is 4.35. The quantitative estimate of drug-likeness (QED) is 0.588. The lowest BCUT2D eigenvalue weighted by atomic mass is 10.0. The van der Waals surface area contributed by atoms with E-state index in [1.54, 1.807) is 0 Å². The maximum atomic E-state index is 10.9. The fourth-order valence-corrected chi connectivity index (χ4v) is 1.24. The van der Waals surface area contributed by atoms with Crippen LogP contribution in [0.25, 0.3) is 0 Å². The predicted octanol–water partition coefficient (Wildman–Crippen LogP) is 0.694. The van der Waals surface area contributed by atoms with Crippen LogP contribution in [0.15, 0.2) is 0 Å². The number of rotatable bonds is 8. The minimum Gasteiger partial charge on any atom is -0.480 e. The molecule has 0 aliphatic carbocycles. The van der Waals surface area contributed by atoms with Crippen LogP contribution in [0.3, 0.4) is 0 Å². The van der Waals surface area contributed by atoms with Gasteiger partial charge in [0.15, 0.2) is 6.29 Å². The number of ether oxygens (including phenoxy) is 2. The van der Waals surface area contributed by atoms with Gasteiger partial charge in [-0.25, -0.2) is 0 Å². The van der Waals surface area contributed by atoms with Gasteiger partial charge in [-0.3, -0.25) is 10.1 Å². The summed E-state index contributed by atoms with van der Waals surface area (Å²) in [5.41, 5.74) is 0. The molecule has 1 atom stereocenters. The Balaban J connectivity index is 4.00. The average Bonchev–Trinajstić information content (AvgIpc) is 2.16. The second kappa shape index (κ2) is 7.62. The molecule has 0 aliphatic rings. The molecule has 90 valence electrons. The molecule has 0 radical (unpaired) electrons. The summed E-state index contributed by atoms with van der Waals surface area (Å²) in [6.07, 6.45) is 0.189. The van der Waals surface area contributed by atoms with Crippen molar-refractivity contribution in [3.05, 3.63) is 0 Å². The SMILES string of the molecule is COC(CNC(CC(C)C)C(=O)O)OC. The van der Waals surface area contributed by atoms with Crippen LogP contribution in [0, 0.1) is 5.92 Å². The van der Waals surface area contributed by atoms with Crippen LogP contribution in [-0.4, -0.2) is 44.2 Å². The molecule has 0 bridgehead atoms. The zero-order valence-corrected chi connectivity index (χ0v) is 9.82. The van der Waals surface area contributed by atoms with Crippen molar-refractivity contribution in [1.29, 1.82) is 0 Å². The number of carbonyl (C=O) groups is 1. The van der Waals surface area contributed by atoms with Crippen molar-refractivity contribution in [2.45, 2.75) is 32.6 Å². The Kier molecular flexibility index (Phi) is 7.29. The maximum Gasteiger partial charge on any atom is 0.320 e. The number of carboxylic acid groups (broad SMARTS) is 1. The molecule has 1 unspecified atom stereocenters. The van der Waals surface area contributed by atoms with E-state index in [0.717, 1.165) is 0 Å². The minimum absolute atomic E-state index is 0.335. The number of methoxy groups -OCH3 is 2. The summed E-state index contributed by atoms with van der Waals surface area (Å²) in [5.74, 6) is -0.503. The van der Waals surface area contributed by atoms with Gasteiger partial charge in [-0.15, -0.1) is 0 Å². The van der Waals surface area contributed by atoms with E-state index in [0.29, 0.717) is 18.9 Å². The van der Waals surface area contributed by atoms with Crippen LogP contribution >= 0.6 is 0 Å². The van der Waals surface area contributed by atoms with Crippen molar-refractivity contribution < 1.29 is 19.4 Å². The Morgan fingerprint density at radius 1 is 1.33 bits per heavy atom. The summed E-state index contributed by atoms with van der Waals surface area (Å²) in [7, 11) is 3.04. The van der Waals surface area contributed by atoms with Crippen molar-refractivity contribution in [3.8, 4) is 0 Å². The summed E-state index contributed by atoms with van der Waals surface area (Å²) in [6, 6.07) is -0.544. The Morgan fingerprint density at radius 3 is 2.20 bits per heavy atom. The van der Waals surface area contributed by atoms with E-state index in [9.17, 15) is 4.79 Å². The zero-order valence-electron chi connectivity index (χ0n) is 9.82. The van der Waals surface area contributed by atoms with E-state index < -0.39 is 18.3 Å². The van der Waals surface area contributed by atoms with Gasteiger partial charge in [0.05, 0.1) is 0 Å². The Hall–Kier alpha value is -0.650. The number of nitrogens with one attached hydrogen (secondary N) is 1. The second-order valence-corrected chi connectivity index (χ2v) is 3.83. The van der Waals surface area contributed by atoms with Gasteiger partial charge in [0.25, 0.3) is 0 Å². The smallest absolute Gasteiger partial charge is 0.320 e. The fourth-order valence-electron chi connectivity index (χ4n) is 1.24. The van der Waals surface area contributed by atoms with Crippen molar-refractivity contribution in [2.75, 3.05) is 20.8 Å². The molecule has 5 nitrogen and oxygen atoms in total. The molecular weight excluding hydrogens is 198 g/mol. The Morgan fingerprint density at radius 2 is 1.87 bits per heavy atom. The van der Waals surface area contributed by atoms with E-state index in [1.165, 1.54) is 14.2 Å². The Labute approximate surface area is 90.8 Å². The predicted molar refractivity (Wildman–Crippen MR) is 56.7 cm³/mol. The number of carboxylic acids is 1. The lowest BCUT2D eigenvalue weighted by Gasteiger charge is -2.19. The molecule has 0 aromatic rings. The number of hydrogen-bond acceptors (Lipinski definition) is 4. The summed E-state index contributed by atoms with van der Waals surface area (Å²) >= 11 is 0. The standard InChI is InChI=1S/C10H21NO4/c1-7(2)5-8(10(12)13)11-6-9(14-3)15-4/h7-9,11H,5-6H2,1-4H3,(H,12,13). The van der Waals surface area contributed by atoms with Crippen LogP contribution < -0.4 is 5.32 Å². The molecule has 0 aromatic carbocycles. The highest BCUT2D eigenvalue weighted by atomic mass is 16.7. The molecule has 15 heavy (non-hydrogen) atoms. The van der Waals surface area contributed by atoms with Gasteiger partial charge < -0.3 is 14.6 Å². The van der Waals surface area contributed by atoms with Crippen LogP contribution in [0.5, 0.6) is 0 Å². The molecule has 0 fully saturated rings. The van der Waals surface area contributed by atoms with Crippen LogP contribution in [-0.2, 0) is 14.3 Å². The van der Waals surface area contributed by atoms with Gasteiger partial charge in [-0.2, -0.15) is 0 Å². The van der Waals surface area contributed by atoms with Crippen molar-refractivity contribution >= 4 is 5.97 Å². The molecule has 0 rings (SSSR count). The Bertz CT molecular complexity index is 180. The van der Waals surface area contributed by atoms with E-state index in [-0.39, 0.29) is 0 Å². The fraction of sp³-hybridized carbons (Fsp3) is 0.900. The molecule has 0 heterocycles. The summed E-state index contributed by atoms with van der Waals surface area (Å²) in [5, 5.41) is 11.8. The monoisotopic (exact) mass is 219 g/mol. The zero-order chi connectivity index (χ0) is 11.8. The average molecular weight is 219 g/mol. The van der Waals surface area contributed by atoms with E-state index >= 15 is 0 Å². The molecule has 0 saturated carbocycles. The maximum absolute atomic E-state index is 10.9. The first-order valence-electron chi connectivity index (χ1n) is 5.03. The third kappa shape index (κ3) is 6.43. The largest absolute Gasteiger partial charge is 0.480 e. The molecule has 0 saturated heterocycles. The van der Waals surface area contributed by atoms with Gasteiger partial charge in [-0.1, -0.05) is 13.8 Å². The van der Waals surface area contributed by atoms with Gasteiger partial charge in [-0.05, 0) is 12.3 Å². The molecule has 0 spiro atoms. The lowest BCUT2D eigenvalue weighted by Crippen LogP contribution is -2.42. The van der Waals surface area contributed by atoms with Gasteiger partial charge in [0.1, 0.15) is 6.04 Å². The molecule has 2 N–H and O–H groups in total. The lowest BCUT2D eigenvalue weighted by molar-refractivity contribution is -0.141. The van der Waals surface area contributed by atoms with E-state index in [4.69, 9.17) is 14.6 Å². The minimum atomic E-state index is -0.838. The van der Waals surface area contributed by atoms with E-state index in [2.05, 4.69) is 5.32 Å². The molecule has 0 aromatic heterocycles. The molecular formula is C10H21NO4. The highest BCUT2D eigenvalue weighted by molar-refractivity contribution is 5.73. The third-order valence-electron chi connectivity index (χ3n) is 2.06. The first kappa shape index (κ1) is 14.3. The van der Waals surface area contributed by atoms with Gasteiger partial charge in [0, 0.05) is 20.8 Å². The molecule has 0 amide bonds. The van der Waals surface area contributed by atoms with Crippen LogP contribution in [0.4, 0.5) is 0 Å². The first-order chi connectivity index (χ1) is 7.01. The van der Waals surface area contributed by atoms with Crippen LogP contribution in [0.1, 0.15) is 20.3 Å². The molecule has 0 aliphatic heterocycles. The second-order valence-electron chi connectivity index (χ2n) is 3.83. The first-order valence-corrected chi connectivity index (χ1v) is 5.03. The van der Waals surface area contributed by atoms with E-state index in [1.807, 2.05) is 13.8 Å². The van der Waals surface area contributed by atoms with Crippen LogP contribution in [0.2, 0.25) is 0 Å². The summed E-state index contributed by atoms with van der Waals surface area (Å²) in [4.78, 5) is 10.9. The van der Waals surface area contributed by atoms with Crippen molar-refractivity contribution in [2.24, 2.45) is 5.92 Å². The summed E-state index contributed by atoms with van der Waals surface area (Å²) < 4.78 is 9.91. The molecule has 5 heteroatoms. The topological polar surface area (TPSA) is 67.8 Å². The van der Waals surface area contributed by atoms with Crippen molar-refractivity contribution in [3.63, 3.8) is 0 Å².